The van der Waals surface area contributed by atoms with Gasteiger partial charge in [0.15, 0.2) is 0 Å². The van der Waals surface area contributed by atoms with E-state index in [0.717, 1.165) is 30.0 Å². The van der Waals surface area contributed by atoms with E-state index in [0.29, 0.717) is 4.90 Å². The van der Waals surface area contributed by atoms with Crippen molar-refractivity contribution >= 4 is 23.7 Å². The molecule has 0 saturated carbocycles. The molecule has 2 N–H and O–H groups in total. The largest absolute Gasteiger partial charge is 0.478 e. The number of hydrogen-bond donors (Lipinski definition) is 2. The van der Waals surface area contributed by atoms with E-state index in [-0.39, 0.29) is 16.0 Å². The molecule has 0 bridgehead atoms. The third-order valence-electron chi connectivity index (χ3n) is 2.51. The summed E-state index contributed by atoms with van der Waals surface area (Å²) in [6, 6.07) is 9.44. The third kappa shape index (κ3) is 2.97. The van der Waals surface area contributed by atoms with Crippen LogP contribution in [0.3, 0.4) is 0 Å². The van der Waals surface area contributed by atoms with Gasteiger partial charge in [0, 0.05) is 9.79 Å². The molecule has 2 aromatic rings. The molecule has 0 unspecified atom stereocenters. The van der Waals surface area contributed by atoms with Crippen LogP contribution in [0.4, 0.5) is 4.39 Å². The molecule has 2 rings (SSSR count). The highest BCUT2D eigenvalue weighted by atomic mass is 32.2. The molecule has 0 aliphatic rings. The van der Waals surface area contributed by atoms with Crippen LogP contribution >= 0.6 is 11.8 Å². The second kappa shape index (κ2) is 5.75. The van der Waals surface area contributed by atoms with Gasteiger partial charge >= 0.3 is 11.9 Å². The summed E-state index contributed by atoms with van der Waals surface area (Å²) >= 11 is 0.910. The number of rotatable bonds is 4. The first-order valence-electron chi connectivity index (χ1n) is 5.52. The first kappa shape index (κ1) is 14.1. The number of aromatic carboxylic acids is 2. The predicted molar refractivity (Wildman–Crippen MR) is 70.9 cm³/mol. The quantitative estimate of drug-likeness (QED) is 0.903. The molecule has 0 aliphatic carbocycles. The van der Waals surface area contributed by atoms with Crippen molar-refractivity contribution in [2.75, 3.05) is 0 Å². The second-order valence-electron chi connectivity index (χ2n) is 3.85. The highest BCUT2D eigenvalue weighted by molar-refractivity contribution is 7.99. The van der Waals surface area contributed by atoms with Crippen molar-refractivity contribution in [1.82, 2.24) is 0 Å². The summed E-state index contributed by atoms with van der Waals surface area (Å²) in [7, 11) is 0. The Kier molecular flexibility index (Phi) is 4.05. The van der Waals surface area contributed by atoms with Crippen molar-refractivity contribution in [3.63, 3.8) is 0 Å². The molecule has 0 heterocycles. The fourth-order valence-corrected chi connectivity index (χ4v) is 2.69. The van der Waals surface area contributed by atoms with E-state index in [1.165, 1.54) is 6.07 Å². The SMILES string of the molecule is O=C(O)c1ccccc1Sc1cc(F)ccc1C(=O)O. The Morgan fingerprint density at radius 3 is 2.15 bits per heavy atom. The van der Waals surface area contributed by atoms with Gasteiger partial charge in [-0.25, -0.2) is 14.0 Å². The van der Waals surface area contributed by atoms with Crippen molar-refractivity contribution < 1.29 is 24.2 Å². The number of benzene rings is 2. The summed E-state index contributed by atoms with van der Waals surface area (Å²) in [6.45, 7) is 0. The first-order chi connectivity index (χ1) is 9.49. The summed E-state index contributed by atoms with van der Waals surface area (Å²) in [5, 5.41) is 18.1. The molecule has 0 atom stereocenters. The standard InChI is InChI=1S/C14H9FO4S/c15-8-5-6-10(14(18)19)12(7-8)20-11-4-2-1-3-9(11)13(16)17/h1-7H,(H,16,17)(H,18,19). The molecule has 6 heteroatoms. The number of hydrogen-bond acceptors (Lipinski definition) is 3. The summed E-state index contributed by atoms with van der Waals surface area (Å²) < 4.78 is 13.2. The topological polar surface area (TPSA) is 74.6 Å². The van der Waals surface area contributed by atoms with Crippen LogP contribution in [0.5, 0.6) is 0 Å². The van der Waals surface area contributed by atoms with Crippen LogP contribution in [0.1, 0.15) is 20.7 Å². The summed E-state index contributed by atoms with van der Waals surface area (Å²) in [5.74, 6) is -2.90. The van der Waals surface area contributed by atoms with Crippen molar-refractivity contribution in [3.8, 4) is 0 Å². The second-order valence-corrected chi connectivity index (χ2v) is 4.93. The van der Waals surface area contributed by atoms with Crippen LogP contribution in [-0.4, -0.2) is 22.2 Å². The lowest BCUT2D eigenvalue weighted by atomic mass is 10.2. The van der Waals surface area contributed by atoms with Gasteiger partial charge in [0.2, 0.25) is 0 Å². The summed E-state index contributed by atoms with van der Waals surface area (Å²) in [5.41, 5.74) is -0.0327. The van der Waals surface area contributed by atoms with Crippen LogP contribution < -0.4 is 0 Å². The fourth-order valence-electron chi connectivity index (χ4n) is 1.61. The van der Waals surface area contributed by atoms with Gasteiger partial charge in [0.05, 0.1) is 11.1 Å². The Morgan fingerprint density at radius 1 is 0.900 bits per heavy atom. The summed E-state index contributed by atoms with van der Waals surface area (Å²) in [4.78, 5) is 22.7. The molecule has 4 nitrogen and oxygen atoms in total. The van der Waals surface area contributed by atoms with Crippen LogP contribution in [0.2, 0.25) is 0 Å². The maximum absolute atomic E-state index is 13.2. The van der Waals surface area contributed by atoms with E-state index in [9.17, 15) is 14.0 Å². The van der Waals surface area contributed by atoms with E-state index in [1.807, 2.05) is 0 Å². The average Bonchev–Trinajstić information content (AvgIpc) is 2.38. The zero-order valence-corrected chi connectivity index (χ0v) is 10.9. The zero-order chi connectivity index (χ0) is 14.7. The molecule has 2 aromatic carbocycles. The lowest BCUT2D eigenvalue weighted by Crippen LogP contribution is -2.01. The minimum atomic E-state index is -1.19. The van der Waals surface area contributed by atoms with E-state index >= 15 is 0 Å². The normalized spacial score (nSPS) is 10.2. The van der Waals surface area contributed by atoms with Gasteiger partial charge < -0.3 is 10.2 Å². The van der Waals surface area contributed by atoms with E-state index in [4.69, 9.17) is 10.2 Å². The molecule has 0 spiro atoms. The lowest BCUT2D eigenvalue weighted by Gasteiger charge is -2.08. The van der Waals surface area contributed by atoms with Crippen LogP contribution in [-0.2, 0) is 0 Å². The van der Waals surface area contributed by atoms with E-state index < -0.39 is 17.8 Å². The van der Waals surface area contributed by atoms with Gasteiger partial charge in [0.1, 0.15) is 5.82 Å². The van der Waals surface area contributed by atoms with Gasteiger partial charge in [-0.05, 0) is 30.3 Å². The predicted octanol–water partition coefficient (Wildman–Crippen LogP) is 3.37. The van der Waals surface area contributed by atoms with Crippen LogP contribution in [0.15, 0.2) is 52.3 Å². The molecular weight excluding hydrogens is 283 g/mol. The van der Waals surface area contributed by atoms with Crippen LogP contribution in [0.25, 0.3) is 0 Å². The minimum absolute atomic E-state index is 0.0399. The molecule has 0 fully saturated rings. The molecular formula is C14H9FO4S. The number of carboxylic acid groups (broad SMARTS) is 2. The Labute approximate surface area is 117 Å². The highest BCUT2D eigenvalue weighted by Crippen LogP contribution is 2.33. The smallest absolute Gasteiger partial charge is 0.336 e. The monoisotopic (exact) mass is 292 g/mol. The Hall–Kier alpha value is -2.34. The molecule has 20 heavy (non-hydrogen) atoms. The number of halogens is 1. The van der Waals surface area contributed by atoms with Crippen molar-refractivity contribution in [2.45, 2.75) is 9.79 Å². The Bertz CT molecular complexity index is 685. The maximum atomic E-state index is 13.2. The Morgan fingerprint density at radius 2 is 1.50 bits per heavy atom. The zero-order valence-electron chi connectivity index (χ0n) is 10.0. The third-order valence-corrected chi connectivity index (χ3v) is 3.65. The molecule has 0 aliphatic heterocycles. The molecule has 102 valence electrons. The lowest BCUT2D eigenvalue weighted by molar-refractivity contribution is 0.0683. The minimum Gasteiger partial charge on any atom is -0.478 e. The number of carboxylic acids is 2. The van der Waals surface area contributed by atoms with Gasteiger partial charge in [-0.2, -0.15) is 0 Å². The fraction of sp³-hybridized carbons (Fsp3) is 0. The van der Waals surface area contributed by atoms with Gasteiger partial charge in [-0.15, -0.1) is 0 Å². The summed E-state index contributed by atoms with van der Waals surface area (Å²) in [6.07, 6.45) is 0. The van der Waals surface area contributed by atoms with Gasteiger partial charge in [-0.1, -0.05) is 23.9 Å². The molecule has 0 saturated heterocycles. The Balaban J connectivity index is 2.47. The highest BCUT2D eigenvalue weighted by Gasteiger charge is 2.16. The van der Waals surface area contributed by atoms with Crippen molar-refractivity contribution in [1.29, 1.82) is 0 Å². The molecule has 0 aromatic heterocycles. The van der Waals surface area contributed by atoms with Gasteiger partial charge in [-0.3, -0.25) is 0 Å². The van der Waals surface area contributed by atoms with Gasteiger partial charge in [0.25, 0.3) is 0 Å². The van der Waals surface area contributed by atoms with Crippen LogP contribution in [0, 0.1) is 5.82 Å². The molecule has 0 radical (unpaired) electrons. The van der Waals surface area contributed by atoms with E-state index in [2.05, 4.69) is 0 Å². The number of carbonyl (C=O) groups is 2. The van der Waals surface area contributed by atoms with E-state index in [1.54, 1.807) is 18.2 Å². The average molecular weight is 292 g/mol. The van der Waals surface area contributed by atoms with Crippen molar-refractivity contribution in [3.05, 3.63) is 59.4 Å². The van der Waals surface area contributed by atoms with Crippen molar-refractivity contribution in [2.24, 2.45) is 0 Å². The maximum Gasteiger partial charge on any atom is 0.336 e. The first-order valence-corrected chi connectivity index (χ1v) is 6.33. The molecule has 0 amide bonds.